The highest BCUT2D eigenvalue weighted by Crippen LogP contribution is 2.28. The van der Waals surface area contributed by atoms with E-state index in [1.165, 1.54) is 0 Å². The molecule has 4 aromatic rings. The highest BCUT2D eigenvalue weighted by atomic mass is 19.1. The van der Waals surface area contributed by atoms with E-state index >= 15 is 0 Å². The van der Waals surface area contributed by atoms with Gasteiger partial charge in [-0.05, 0) is 68.5 Å². The second-order valence-corrected chi connectivity index (χ2v) is 9.62. The van der Waals surface area contributed by atoms with Crippen molar-refractivity contribution in [3.05, 3.63) is 82.3 Å². The number of benzene rings is 2. The predicted molar refractivity (Wildman–Crippen MR) is 140 cm³/mol. The molecule has 0 spiro atoms. The first kappa shape index (κ1) is 24.1. The van der Waals surface area contributed by atoms with Crippen LogP contribution in [0.2, 0.25) is 0 Å². The van der Waals surface area contributed by atoms with Gasteiger partial charge in [0.15, 0.2) is 0 Å². The Balaban J connectivity index is 1.57. The van der Waals surface area contributed by atoms with E-state index in [2.05, 4.69) is 9.88 Å². The van der Waals surface area contributed by atoms with E-state index in [-0.39, 0.29) is 18.2 Å². The average molecular weight is 487 g/mol. The highest BCUT2D eigenvalue weighted by molar-refractivity contribution is 5.81. The molecule has 5 rings (SSSR count). The average Bonchev–Trinajstić information content (AvgIpc) is 2.88. The molecule has 2 aromatic carbocycles. The number of nitrogens with zero attached hydrogens (tertiary/aromatic N) is 4. The number of fused-ring (bicyclic) bond motifs is 1. The maximum Gasteiger partial charge on any atom is 0.261 e. The Kier molecular flexibility index (Phi) is 7.09. The molecular weight excluding hydrogens is 455 g/mol. The molecule has 0 amide bonds. The van der Waals surface area contributed by atoms with Gasteiger partial charge in [0.2, 0.25) is 5.88 Å². The third kappa shape index (κ3) is 5.16. The summed E-state index contributed by atoms with van der Waals surface area (Å²) in [6.07, 6.45) is 3.75. The maximum absolute atomic E-state index is 13.9. The molecule has 0 unspecified atom stereocenters. The Morgan fingerprint density at radius 2 is 1.97 bits per heavy atom. The van der Waals surface area contributed by atoms with Crippen molar-refractivity contribution in [1.29, 1.82) is 0 Å². The molecule has 1 aliphatic heterocycles. The Hall–Kier alpha value is -3.58. The molecule has 0 saturated carbocycles. The van der Waals surface area contributed by atoms with Crippen molar-refractivity contribution in [3.63, 3.8) is 0 Å². The summed E-state index contributed by atoms with van der Waals surface area (Å²) in [5.74, 6) is 1.93. The number of ether oxygens (including phenoxy) is 1. The number of rotatable bonds is 7. The van der Waals surface area contributed by atoms with Crippen molar-refractivity contribution in [2.24, 2.45) is 5.92 Å². The van der Waals surface area contributed by atoms with Gasteiger partial charge in [-0.1, -0.05) is 30.3 Å². The van der Waals surface area contributed by atoms with Crippen LogP contribution in [0.25, 0.3) is 22.3 Å². The number of piperidine rings is 1. The van der Waals surface area contributed by atoms with Gasteiger partial charge < -0.3 is 9.64 Å². The molecule has 1 atom stereocenters. The summed E-state index contributed by atoms with van der Waals surface area (Å²) in [5.41, 5.74) is 3.58. The van der Waals surface area contributed by atoms with Crippen molar-refractivity contribution in [2.75, 3.05) is 26.3 Å². The minimum absolute atomic E-state index is 0.0943. The molecule has 0 bridgehead atoms. The second-order valence-electron chi connectivity index (χ2n) is 9.62. The summed E-state index contributed by atoms with van der Waals surface area (Å²) in [6, 6.07) is 17.1. The number of aryl methyl sites for hydroxylation is 2. The Morgan fingerprint density at radius 1 is 1.11 bits per heavy atom. The third-order valence-corrected chi connectivity index (χ3v) is 6.86. The second kappa shape index (κ2) is 10.6. The van der Waals surface area contributed by atoms with Gasteiger partial charge in [-0.2, -0.15) is 0 Å². The van der Waals surface area contributed by atoms with Crippen molar-refractivity contribution >= 4 is 10.9 Å². The number of halogens is 1. The Bertz CT molecular complexity index is 1420. The van der Waals surface area contributed by atoms with E-state index in [0.717, 1.165) is 42.6 Å². The van der Waals surface area contributed by atoms with E-state index in [4.69, 9.17) is 9.72 Å². The molecule has 0 aliphatic carbocycles. The summed E-state index contributed by atoms with van der Waals surface area (Å²) in [7, 11) is 0. The normalized spacial score (nSPS) is 16.4. The Labute approximate surface area is 210 Å². The number of aromatic nitrogens is 3. The van der Waals surface area contributed by atoms with E-state index in [1.807, 2.05) is 66.9 Å². The fourth-order valence-corrected chi connectivity index (χ4v) is 4.98. The maximum atomic E-state index is 13.9. The molecule has 186 valence electrons. The van der Waals surface area contributed by atoms with Crippen LogP contribution in [0, 0.1) is 19.8 Å². The van der Waals surface area contributed by atoms with Crippen LogP contribution in [0.5, 0.6) is 11.6 Å². The van der Waals surface area contributed by atoms with Crippen LogP contribution in [0.1, 0.15) is 24.0 Å². The van der Waals surface area contributed by atoms with E-state index < -0.39 is 0 Å². The summed E-state index contributed by atoms with van der Waals surface area (Å²) >= 11 is 0. The van der Waals surface area contributed by atoms with Crippen molar-refractivity contribution in [3.8, 4) is 23.0 Å². The van der Waals surface area contributed by atoms with Crippen LogP contribution in [0.3, 0.4) is 0 Å². The van der Waals surface area contributed by atoms with Crippen LogP contribution in [0.15, 0.2) is 65.6 Å². The van der Waals surface area contributed by atoms with Gasteiger partial charge >= 0.3 is 0 Å². The summed E-state index contributed by atoms with van der Waals surface area (Å²) in [4.78, 5) is 25.4. The summed E-state index contributed by atoms with van der Waals surface area (Å²) in [6.45, 7) is 6.32. The van der Waals surface area contributed by atoms with Gasteiger partial charge in [0.25, 0.3) is 5.56 Å². The van der Waals surface area contributed by atoms with Crippen LogP contribution >= 0.6 is 0 Å². The Morgan fingerprint density at radius 3 is 2.75 bits per heavy atom. The predicted octanol–water partition coefficient (Wildman–Crippen LogP) is 5.55. The lowest BCUT2D eigenvalue weighted by atomic mass is 9.97. The lowest BCUT2D eigenvalue weighted by molar-refractivity contribution is 0.152. The molecule has 1 aliphatic rings. The first-order valence-electron chi connectivity index (χ1n) is 12.5. The first-order chi connectivity index (χ1) is 17.5. The summed E-state index contributed by atoms with van der Waals surface area (Å²) in [5, 5.41) is 0.508. The van der Waals surface area contributed by atoms with Gasteiger partial charge in [-0.25, -0.2) is 14.4 Å². The largest absolute Gasteiger partial charge is 0.439 e. The zero-order valence-corrected chi connectivity index (χ0v) is 20.8. The van der Waals surface area contributed by atoms with Gasteiger partial charge in [0.05, 0.1) is 10.9 Å². The minimum Gasteiger partial charge on any atom is -0.439 e. The minimum atomic E-state index is -0.350. The van der Waals surface area contributed by atoms with E-state index in [1.54, 1.807) is 12.3 Å². The quantitative estimate of drug-likeness (QED) is 0.343. The molecule has 7 heteroatoms. The SMILES string of the molecule is Cc1ccc(Oc2ccc3nc(-c4ccccc4C)n(C[C@H]4CCCN(CCF)C4)c(=O)c3c2)nc1. The monoisotopic (exact) mass is 486 g/mol. The van der Waals surface area contributed by atoms with Crippen LogP contribution < -0.4 is 10.3 Å². The van der Waals surface area contributed by atoms with Crippen LogP contribution in [-0.2, 0) is 6.54 Å². The fourth-order valence-electron chi connectivity index (χ4n) is 4.98. The zero-order valence-electron chi connectivity index (χ0n) is 20.8. The third-order valence-electron chi connectivity index (χ3n) is 6.86. The van der Waals surface area contributed by atoms with Gasteiger partial charge in [0, 0.05) is 37.5 Å². The number of pyridine rings is 1. The summed E-state index contributed by atoms with van der Waals surface area (Å²) < 4.78 is 20.7. The van der Waals surface area contributed by atoms with Gasteiger partial charge in [-0.3, -0.25) is 9.36 Å². The number of likely N-dealkylation sites (tertiary alicyclic amines) is 1. The van der Waals surface area contributed by atoms with Gasteiger partial charge in [-0.15, -0.1) is 0 Å². The van der Waals surface area contributed by atoms with E-state index in [9.17, 15) is 9.18 Å². The lowest BCUT2D eigenvalue weighted by Crippen LogP contribution is -2.39. The molecule has 36 heavy (non-hydrogen) atoms. The topological polar surface area (TPSA) is 60.2 Å². The lowest BCUT2D eigenvalue weighted by Gasteiger charge is -2.32. The molecular formula is C29H31FN4O2. The molecule has 6 nitrogen and oxygen atoms in total. The molecule has 2 aromatic heterocycles. The smallest absolute Gasteiger partial charge is 0.261 e. The standard InChI is InChI=1S/C29H31FN4O2/c1-20-9-12-27(31-17-20)36-23-10-11-26-25(16-23)29(35)34(19-22-7-5-14-33(18-22)15-13-30)28(32-26)24-8-4-3-6-21(24)2/h3-4,6,8-12,16-17,22H,5,7,13-15,18-19H2,1-2H3/t22-/m0/s1. The van der Waals surface area contributed by atoms with Crippen molar-refractivity contribution in [1.82, 2.24) is 19.4 Å². The fraction of sp³-hybridized carbons (Fsp3) is 0.345. The number of hydrogen-bond donors (Lipinski definition) is 0. The first-order valence-corrected chi connectivity index (χ1v) is 12.5. The molecule has 1 saturated heterocycles. The molecule has 0 N–H and O–H groups in total. The van der Waals surface area contributed by atoms with Gasteiger partial charge in [0.1, 0.15) is 18.2 Å². The van der Waals surface area contributed by atoms with Crippen molar-refractivity contribution in [2.45, 2.75) is 33.2 Å². The van der Waals surface area contributed by atoms with Crippen molar-refractivity contribution < 1.29 is 9.13 Å². The molecule has 1 fully saturated rings. The molecule has 0 radical (unpaired) electrons. The number of alkyl halides is 1. The number of hydrogen-bond acceptors (Lipinski definition) is 5. The highest BCUT2D eigenvalue weighted by Gasteiger charge is 2.23. The zero-order chi connectivity index (χ0) is 25.1. The molecule has 3 heterocycles. The van der Waals surface area contributed by atoms with Crippen LogP contribution in [0.4, 0.5) is 4.39 Å². The van der Waals surface area contributed by atoms with Crippen LogP contribution in [-0.4, -0.2) is 45.7 Å². The van der Waals surface area contributed by atoms with E-state index in [0.29, 0.717) is 41.4 Å².